The molecular formula is C50H29N5. The summed E-state index contributed by atoms with van der Waals surface area (Å²) in [6.45, 7) is 0. The van der Waals surface area contributed by atoms with Gasteiger partial charge in [-0.25, -0.2) is 0 Å². The van der Waals surface area contributed by atoms with Crippen LogP contribution in [0.1, 0.15) is 11.1 Å². The summed E-state index contributed by atoms with van der Waals surface area (Å²) in [6, 6.07) is 66.0. The predicted molar refractivity (Wildman–Crippen MR) is 224 cm³/mol. The van der Waals surface area contributed by atoms with Gasteiger partial charge in [-0.15, -0.1) is 0 Å². The van der Waals surface area contributed by atoms with Gasteiger partial charge in [0.15, 0.2) is 0 Å². The maximum absolute atomic E-state index is 10.6. The van der Waals surface area contributed by atoms with Crippen LogP contribution in [-0.2, 0) is 0 Å². The van der Waals surface area contributed by atoms with Gasteiger partial charge in [-0.3, -0.25) is 0 Å². The molecule has 0 spiro atoms. The Bertz CT molecular complexity index is 3420. The maximum Gasteiger partial charge on any atom is 0.0998 e. The third-order valence-electron chi connectivity index (χ3n) is 11.1. The molecule has 3 heterocycles. The Balaban J connectivity index is 1.09. The van der Waals surface area contributed by atoms with Crippen molar-refractivity contribution in [1.29, 1.82) is 10.5 Å². The molecule has 0 amide bonds. The molecular weight excluding hydrogens is 671 g/mol. The van der Waals surface area contributed by atoms with Crippen molar-refractivity contribution in [3.05, 3.63) is 187 Å². The molecule has 11 rings (SSSR count). The lowest BCUT2D eigenvalue weighted by atomic mass is 9.99. The lowest BCUT2D eigenvalue weighted by Crippen LogP contribution is -1.98. The lowest BCUT2D eigenvalue weighted by Gasteiger charge is -2.14. The molecule has 5 nitrogen and oxygen atoms in total. The van der Waals surface area contributed by atoms with Crippen LogP contribution in [0.25, 0.3) is 93.6 Å². The van der Waals surface area contributed by atoms with Crippen molar-refractivity contribution in [1.82, 2.24) is 13.7 Å². The molecule has 0 radical (unpaired) electrons. The number of para-hydroxylation sites is 4. The van der Waals surface area contributed by atoms with E-state index in [4.69, 9.17) is 0 Å². The zero-order valence-corrected chi connectivity index (χ0v) is 29.5. The van der Waals surface area contributed by atoms with Gasteiger partial charge in [0.05, 0.1) is 56.4 Å². The minimum Gasteiger partial charge on any atom is -0.309 e. The Morgan fingerprint density at radius 1 is 0.327 bits per heavy atom. The van der Waals surface area contributed by atoms with Crippen LogP contribution in [0.3, 0.4) is 0 Å². The largest absolute Gasteiger partial charge is 0.309 e. The zero-order valence-electron chi connectivity index (χ0n) is 29.5. The first-order valence-electron chi connectivity index (χ1n) is 18.3. The van der Waals surface area contributed by atoms with Crippen LogP contribution in [0, 0.1) is 22.7 Å². The molecule has 0 aliphatic carbocycles. The molecule has 0 aliphatic rings. The Hall–Kier alpha value is -7.86. The van der Waals surface area contributed by atoms with Gasteiger partial charge in [0.25, 0.3) is 0 Å². The molecule has 55 heavy (non-hydrogen) atoms. The van der Waals surface area contributed by atoms with Crippen molar-refractivity contribution >= 4 is 65.4 Å². The third-order valence-corrected chi connectivity index (χ3v) is 11.1. The molecule has 3 aromatic heterocycles. The van der Waals surface area contributed by atoms with E-state index in [9.17, 15) is 10.5 Å². The van der Waals surface area contributed by atoms with E-state index in [0.29, 0.717) is 11.1 Å². The fourth-order valence-corrected chi connectivity index (χ4v) is 8.80. The van der Waals surface area contributed by atoms with Gasteiger partial charge < -0.3 is 13.7 Å². The highest BCUT2D eigenvalue weighted by molar-refractivity contribution is 6.13. The summed E-state index contributed by atoms with van der Waals surface area (Å²) in [6.07, 6.45) is 0. The van der Waals surface area contributed by atoms with Gasteiger partial charge in [0, 0.05) is 49.4 Å². The second kappa shape index (κ2) is 11.8. The summed E-state index contributed by atoms with van der Waals surface area (Å²) in [4.78, 5) is 0. The van der Waals surface area contributed by atoms with E-state index in [-0.39, 0.29) is 0 Å². The van der Waals surface area contributed by atoms with E-state index < -0.39 is 0 Å². The zero-order chi connectivity index (χ0) is 36.6. The minimum atomic E-state index is 0.577. The Morgan fingerprint density at radius 2 is 0.800 bits per heavy atom. The van der Waals surface area contributed by atoms with Gasteiger partial charge in [-0.2, -0.15) is 10.5 Å². The fourth-order valence-electron chi connectivity index (χ4n) is 8.80. The molecule has 0 unspecified atom stereocenters. The standard InChI is InChI=1S/C50H29N5/c51-30-33-12-10-22-48-50(33)43-17-4-8-21-47(43)54(48)36-23-25-38(34(28-36)31-52)32-11-9-13-35(27-32)55-46-20-7-3-16-41(46)42-26-24-37(29-49(42)55)53-44-18-5-1-14-39(44)40-15-2-6-19-45(40)53/h1-29H. The first kappa shape index (κ1) is 30.7. The highest BCUT2D eigenvalue weighted by atomic mass is 15.0. The number of nitriles is 2. The Morgan fingerprint density at radius 3 is 1.45 bits per heavy atom. The van der Waals surface area contributed by atoms with Gasteiger partial charge in [0.1, 0.15) is 0 Å². The Kier molecular flexibility index (Phi) is 6.61. The van der Waals surface area contributed by atoms with Crippen LogP contribution in [0.2, 0.25) is 0 Å². The first-order valence-corrected chi connectivity index (χ1v) is 18.3. The number of aromatic nitrogens is 3. The summed E-state index contributed by atoms with van der Waals surface area (Å²) < 4.78 is 6.86. The molecule has 0 N–H and O–H groups in total. The molecule has 0 saturated carbocycles. The molecule has 5 heteroatoms. The Labute approximate surface area is 316 Å². The number of benzene rings is 8. The van der Waals surface area contributed by atoms with Gasteiger partial charge >= 0.3 is 0 Å². The van der Waals surface area contributed by atoms with E-state index in [1.165, 1.54) is 32.6 Å². The smallest absolute Gasteiger partial charge is 0.0998 e. The summed E-state index contributed by atoms with van der Waals surface area (Å²) in [5.74, 6) is 0. The van der Waals surface area contributed by atoms with Crippen LogP contribution < -0.4 is 0 Å². The van der Waals surface area contributed by atoms with E-state index >= 15 is 0 Å². The molecule has 11 aromatic rings. The molecule has 0 aliphatic heterocycles. The van der Waals surface area contributed by atoms with Crippen LogP contribution in [0.4, 0.5) is 0 Å². The van der Waals surface area contributed by atoms with Crippen LogP contribution >= 0.6 is 0 Å². The summed E-state index contributed by atoms with van der Waals surface area (Å²) >= 11 is 0. The fraction of sp³-hybridized carbons (Fsp3) is 0. The second-order valence-corrected chi connectivity index (χ2v) is 14.0. The predicted octanol–water partition coefficient (Wildman–Crippen LogP) is 12.4. The van der Waals surface area contributed by atoms with Crippen LogP contribution in [0.5, 0.6) is 0 Å². The lowest BCUT2D eigenvalue weighted by molar-refractivity contribution is 1.15. The van der Waals surface area contributed by atoms with Crippen molar-refractivity contribution < 1.29 is 0 Å². The molecule has 0 atom stereocenters. The van der Waals surface area contributed by atoms with Crippen molar-refractivity contribution in [2.45, 2.75) is 0 Å². The summed E-state index contributed by atoms with van der Waals surface area (Å²) in [5, 5.41) is 27.3. The van der Waals surface area contributed by atoms with Gasteiger partial charge in [0.2, 0.25) is 0 Å². The molecule has 0 saturated heterocycles. The first-order chi connectivity index (χ1) is 27.2. The second-order valence-electron chi connectivity index (χ2n) is 14.0. The highest BCUT2D eigenvalue weighted by Crippen LogP contribution is 2.39. The van der Waals surface area contributed by atoms with E-state index in [2.05, 4.69) is 159 Å². The van der Waals surface area contributed by atoms with E-state index in [0.717, 1.165) is 61.0 Å². The molecule has 0 bridgehead atoms. The molecule has 8 aromatic carbocycles. The number of rotatable bonds is 4. The average Bonchev–Trinajstić information content (AvgIpc) is 3.89. The van der Waals surface area contributed by atoms with Crippen molar-refractivity contribution in [2.24, 2.45) is 0 Å². The van der Waals surface area contributed by atoms with Gasteiger partial charge in [-0.1, -0.05) is 103 Å². The quantitative estimate of drug-likeness (QED) is 0.184. The summed E-state index contributed by atoms with van der Waals surface area (Å²) in [5.41, 5.74) is 12.5. The molecule has 254 valence electrons. The highest BCUT2D eigenvalue weighted by Gasteiger charge is 2.19. The number of hydrogen-bond donors (Lipinski definition) is 0. The summed E-state index contributed by atoms with van der Waals surface area (Å²) in [7, 11) is 0. The van der Waals surface area contributed by atoms with E-state index in [1.807, 2.05) is 42.5 Å². The number of fused-ring (bicyclic) bond motifs is 9. The minimum absolute atomic E-state index is 0.577. The monoisotopic (exact) mass is 699 g/mol. The topological polar surface area (TPSA) is 62.4 Å². The van der Waals surface area contributed by atoms with Crippen molar-refractivity contribution in [3.8, 4) is 40.3 Å². The number of nitrogens with zero attached hydrogens (tertiary/aromatic N) is 5. The van der Waals surface area contributed by atoms with Crippen LogP contribution in [0.15, 0.2) is 176 Å². The normalized spacial score (nSPS) is 11.6. The average molecular weight is 700 g/mol. The van der Waals surface area contributed by atoms with E-state index in [1.54, 1.807) is 0 Å². The molecule has 0 fully saturated rings. The van der Waals surface area contributed by atoms with Gasteiger partial charge in [-0.05, 0) is 83.9 Å². The number of hydrogen-bond acceptors (Lipinski definition) is 2. The maximum atomic E-state index is 10.6. The van der Waals surface area contributed by atoms with Crippen molar-refractivity contribution in [3.63, 3.8) is 0 Å². The SMILES string of the molecule is N#Cc1cc(-n2c3ccccc3c3c(C#N)cccc32)ccc1-c1cccc(-n2c3ccccc3c3ccc(-n4c5ccccc5c5ccccc54)cc32)c1. The van der Waals surface area contributed by atoms with Crippen LogP contribution in [-0.4, -0.2) is 13.7 Å². The third kappa shape index (κ3) is 4.45. The van der Waals surface area contributed by atoms with Crippen molar-refractivity contribution in [2.75, 3.05) is 0 Å².